The number of aromatic hydroxyl groups is 1. The molecule has 0 unspecified atom stereocenters. The summed E-state index contributed by atoms with van der Waals surface area (Å²) in [5, 5.41) is 13.3. The Balaban J connectivity index is 1.19. The molecule has 7 aromatic carbocycles. The molecule has 0 aliphatic rings. The Morgan fingerprint density at radius 3 is 1.88 bits per heavy atom. The zero-order valence-electron chi connectivity index (χ0n) is 31.3. The molecule has 0 radical (unpaired) electrons. The average molecular weight is 743 g/mol. The van der Waals surface area contributed by atoms with Gasteiger partial charge in [0.15, 0.2) is 5.69 Å². The van der Waals surface area contributed by atoms with Crippen molar-refractivity contribution in [2.45, 2.75) is 0 Å². The Kier molecular flexibility index (Phi) is 8.63. The Morgan fingerprint density at radius 2 is 1.07 bits per heavy atom. The average Bonchev–Trinajstić information content (AvgIpc) is 3.64. The van der Waals surface area contributed by atoms with E-state index in [0.717, 1.165) is 72.6 Å². The smallest absolute Gasteiger partial charge is 0.194 e. The number of para-hydroxylation sites is 5. The van der Waals surface area contributed by atoms with Crippen LogP contribution in [0, 0.1) is 6.57 Å². The second-order valence-electron chi connectivity index (χ2n) is 14.3. The number of pyridine rings is 2. The van der Waals surface area contributed by atoms with Crippen LogP contribution in [0.5, 0.6) is 5.75 Å². The second-order valence-corrected chi connectivity index (χ2v) is 14.3. The van der Waals surface area contributed by atoms with Gasteiger partial charge < -0.3 is 9.67 Å². The molecule has 0 saturated heterocycles. The van der Waals surface area contributed by atoms with Crippen LogP contribution in [0.15, 0.2) is 200 Å². The summed E-state index contributed by atoms with van der Waals surface area (Å²) in [6.45, 7) is 8.02. The van der Waals surface area contributed by atoms with Crippen LogP contribution >= 0.6 is 0 Å². The summed E-state index contributed by atoms with van der Waals surface area (Å²) in [5.41, 5.74) is 14.4. The molecule has 10 rings (SSSR count). The summed E-state index contributed by atoms with van der Waals surface area (Å²) < 4.78 is 2.35. The number of nitrogens with zero attached hydrogens (tertiary/aromatic N) is 4. The lowest BCUT2D eigenvalue weighted by molar-refractivity contribution is 0.477. The van der Waals surface area contributed by atoms with Gasteiger partial charge in [-0.05, 0) is 101 Å². The molecule has 272 valence electrons. The first kappa shape index (κ1) is 34.4. The van der Waals surface area contributed by atoms with E-state index in [0.29, 0.717) is 16.9 Å². The van der Waals surface area contributed by atoms with Crippen molar-refractivity contribution in [1.29, 1.82) is 0 Å². The van der Waals surface area contributed by atoms with Gasteiger partial charge in [-0.2, -0.15) is 0 Å². The molecular weight excluding hydrogens is 709 g/mol. The molecule has 3 heterocycles. The van der Waals surface area contributed by atoms with E-state index in [-0.39, 0.29) is 5.75 Å². The van der Waals surface area contributed by atoms with E-state index in [4.69, 9.17) is 16.5 Å². The number of hydrogen-bond acceptors (Lipinski definition) is 3. The molecule has 10 aromatic rings. The Bertz CT molecular complexity index is 3200. The Morgan fingerprint density at radius 1 is 0.448 bits per heavy atom. The van der Waals surface area contributed by atoms with E-state index in [1.807, 2.05) is 79.0 Å². The zero-order chi connectivity index (χ0) is 39.0. The minimum absolute atomic E-state index is 0.161. The molecule has 0 aliphatic heterocycles. The van der Waals surface area contributed by atoms with E-state index in [1.54, 1.807) is 6.07 Å². The largest absolute Gasteiger partial charge is 0.507 e. The third-order valence-corrected chi connectivity index (χ3v) is 10.8. The third kappa shape index (κ3) is 6.16. The van der Waals surface area contributed by atoms with Gasteiger partial charge in [0.2, 0.25) is 0 Å². The molecule has 5 nitrogen and oxygen atoms in total. The lowest BCUT2D eigenvalue weighted by atomic mass is 9.93. The van der Waals surface area contributed by atoms with Crippen molar-refractivity contribution in [3.05, 3.63) is 212 Å². The summed E-state index contributed by atoms with van der Waals surface area (Å²) >= 11 is 0. The maximum Gasteiger partial charge on any atom is 0.194 e. The molecule has 0 bridgehead atoms. The number of benzene rings is 7. The molecule has 3 aromatic heterocycles. The highest BCUT2D eigenvalue weighted by Crippen LogP contribution is 2.41. The van der Waals surface area contributed by atoms with Gasteiger partial charge in [0.05, 0.1) is 34.7 Å². The second kappa shape index (κ2) is 14.5. The van der Waals surface area contributed by atoms with Crippen LogP contribution in [0.2, 0.25) is 0 Å². The highest BCUT2D eigenvalue weighted by atomic mass is 16.3. The van der Waals surface area contributed by atoms with Crippen LogP contribution in [0.3, 0.4) is 0 Å². The maximum atomic E-state index is 11.0. The summed E-state index contributed by atoms with van der Waals surface area (Å²) in [7, 11) is 0. The number of aromatic nitrogens is 3. The van der Waals surface area contributed by atoms with Crippen LogP contribution in [0.25, 0.3) is 99.5 Å². The van der Waals surface area contributed by atoms with Crippen LogP contribution < -0.4 is 0 Å². The molecule has 0 fully saturated rings. The van der Waals surface area contributed by atoms with Gasteiger partial charge in [-0.25, -0.2) is 9.83 Å². The molecule has 0 aliphatic carbocycles. The van der Waals surface area contributed by atoms with Crippen LogP contribution in [0.4, 0.5) is 5.69 Å². The minimum atomic E-state index is 0.161. The molecule has 0 saturated carbocycles. The van der Waals surface area contributed by atoms with E-state index in [9.17, 15) is 5.11 Å². The quantitative estimate of drug-likeness (QED) is 0.165. The van der Waals surface area contributed by atoms with Crippen LogP contribution in [-0.2, 0) is 0 Å². The lowest BCUT2D eigenvalue weighted by Gasteiger charge is -2.15. The van der Waals surface area contributed by atoms with E-state index in [2.05, 4.69) is 125 Å². The summed E-state index contributed by atoms with van der Waals surface area (Å²) in [4.78, 5) is 14.1. The molecule has 58 heavy (non-hydrogen) atoms. The van der Waals surface area contributed by atoms with Crippen molar-refractivity contribution in [2.75, 3.05) is 0 Å². The number of hydrogen-bond donors (Lipinski definition) is 1. The minimum Gasteiger partial charge on any atom is -0.507 e. The first-order valence-corrected chi connectivity index (χ1v) is 19.2. The standard InChI is InChI=1S/C53H34N4O/c1-54-47-24-11-8-19-42(47)38-29-39(31-40(30-38)49-33-37(35-15-4-2-5-16-35)34-50(56-49)46-21-10-13-26-52(46)58)48-32-36(27-28-55-48)43-22-14-23-45-44-20-9-12-25-51(44)57(53(43)45)41-17-6-3-7-18-41/h2-34,58H. The highest BCUT2D eigenvalue weighted by molar-refractivity contribution is 6.13. The van der Waals surface area contributed by atoms with Crippen molar-refractivity contribution in [3.63, 3.8) is 0 Å². The maximum absolute atomic E-state index is 11.0. The SMILES string of the molecule is [C-]#[N+]c1ccccc1-c1cc(-c2cc(-c3cccc4c5ccccc5n(-c5ccccc5)c34)ccn2)cc(-c2cc(-c3ccccc3)cc(-c3ccccc3O)n2)c1. The van der Waals surface area contributed by atoms with E-state index in [1.165, 1.54) is 10.8 Å². The monoisotopic (exact) mass is 742 g/mol. The number of fused-ring (bicyclic) bond motifs is 3. The van der Waals surface area contributed by atoms with Crippen molar-refractivity contribution in [3.8, 4) is 78.6 Å². The Labute approximate surface area is 336 Å². The van der Waals surface area contributed by atoms with E-state index >= 15 is 0 Å². The van der Waals surface area contributed by atoms with Crippen molar-refractivity contribution in [1.82, 2.24) is 14.5 Å². The van der Waals surface area contributed by atoms with Crippen LogP contribution in [0.1, 0.15) is 0 Å². The fourth-order valence-electron chi connectivity index (χ4n) is 8.05. The fraction of sp³-hybridized carbons (Fsp3) is 0. The molecule has 5 heteroatoms. The Hall–Kier alpha value is -8.07. The molecule has 1 N–H and O–H groups in total. The molecule has 0 atom stereocenters. The van der Waals surface area contributed by atoms with Crippen molar-refractivity contribution in [2.24, 2.45) is 0 Å². The lowest BCUT2D eigenvalue weighted by Crippen LogP contribution is -1.96. The number of phenolic OH excluding ortho intramolecular Hbond substituents is 1. The third-order valence-electron chi connectivity index (χ3n) is 10.8. The van der Waals surface area contributed by atoms with Gasteiger partial charge >= 0.3 is 0 Å². The van der Waals surface area contributed by atoms with Crippen LogP contribution in [-0.4, -0.2) is 19.6 Å². The molecule has 0 amide bonds. The normalized spacial score (nSPS) is 11.2. The predicted molar refractivity (Wildman–Crippen MR) is 237 cm³/mol. The molecular formula is C53H34N4O. The van der Waals surface area contributed by atoms with Gasteiger partial charge in [0, 0.05) is 44.9 Å². The molecule has 0 spiro atoms. The number of phenols is 1. The zero-order valence-corrected chi connectivity index (χ0v) is 31.3. The predicted octanol–water partition coefficient (Wildman–Crippen LogP) is 13.8. The van der Waals surface area contributed by atoms with Gasteiger partial charge in [0.25, 0.3) is 0 Å². The summed E-state index contributed by atoms with van der Waals surface area (Å²) in [6.07, 6.45) is 1.88. The van der Waals surface area contributed by atoms with Crippen molar-refractivity contribution < 1.29 is 5.11 Å². The highest BCUT2D eigenvalue weighted by Gasteiger charge is 2.19. The van der Waals surface area contributed by atoms with Gasteiger partial charge in [-0.15, -0.1) is 0 Å². The van der Waals surface area contributed by atoms with Gasteiger partial charge in [-0.3, -0.25) is 4.98 Å². The number of rotatable bonds is 7. The fourth-order valence-corrected chi connectivity index (χ4v) is 8.05. The van der Waals surface area contributed by atoms with Gasteiger partial charge in [0.1, 0.15) is 5.75 Å². The van der Waals surface area contributed by atoms with Gasteiger partial charge in [-0.1, -0.05) is 121 Å². The summed E-state index contributed by atoms with van der Waals surface area (Å²) in [5.74, 6) is 0.161. The summed E-state index contributed by atoms with van der Waals surface area (Å²) in [6, 6.07) is 65.5. The topological polar surface area (TPSA) is 55.3 Å². The first-order chi connectivity index (χ1) is 28.6. The van der Waals surface area contributed by atoms with Crippen molar-refractivity contribution >= 4 is 27.5 Å². The van der Waals surface area contributed by atoms with E-state index < -0.39 is 0 Å². The first-order valence-electron chi connectivity index (χ1n) is 19.2.